The number of aromatic hydroxyl groups is 1. The zero-order chi connectivity index (χ0) is 19.6. The first-order chi connectivity index (χ1) is 13.4. The van der Waals surface area contributed by atoms with Crippen LogP contribution in [0.2, 0.25) is 0 Å². The van der Waals surface area contributed by atoms with Crippen molar-refractivity contribution >= 4 is 22.7 Å². The largest absolute Gasteiger partial charge is 0.506 e. The number of allylic oxidation sites excluding steroid dienone is 1. The SMILES string of the molecule is CC1(C)COC(=O)[C@@H]1OC(=O)c1c2c(c3ccccc3c1O)O[C@@H]1C=CC[C@H]21. The Labute approximate surface area is 161 Å². The van der Waals surface area contributed by atoms with Gasteiger partial charge in [0.15, 0.2) is 0 Å². The van der Waals surface area contributed by atoms with Crippen LogP contribution in [0.3, 0.4) is 0 Å². The van der Waals surface area contributed by atoms with Crippen LogP contribution in [0.5, 0.6) is 11.5 Å². The molecule has 1 saturated heterocycles. The predicted molar refractivity (Wildman–Crippen MR) is 100 cm³/mol. The normalized spacial score (nSPS) is 26.6. The highest BCUT2D eigenvalue weighted by Crippen LogP contribution is 2.52. The molecule has 6 nitrogen and oxygen atoms in total. The smallest absolute Gasteiger partial charge is 0.348 e. The lowest BCUT2D eigenvalue weighted by molar-refractivity contribution is -0.145. The molecular weight excluding hydrogens is 360 g/mol. The molecule has 1 N–H and O–H groups in total. The van der Waals surface area contributed by atoms with Crippen molar-refractivity contribution in [3.05, 3.63) is 47.5 Å². The molecule has 0 aromatic heterocycles. The highest BCUT2D eigenvalue weighted by Gasteiger charge is 2.48. The maximum atomic E-state index is 13.2. The van der Waals surface area contributed by atoms with Gasteiger partial charge in [0.05, 0.1) is 0 Å². The number of hydrogen-bond donors (Lipinski definition) is 1. The number of cyclic esters (lactones) is 1. The number of fused-ring (bicyclic) bond motifs is 5. The van der Waals surface area contributed by atoms with E-state index in [9.17, 15) is 14.7 Å². The van der Waals surface area contributed by atoms with E-state index in [2.05, 4.69) is 0 Å². The summed E-state index contributed by atoms with van der Waals surface area (Å²) in [6.07, 6.45) is 3.52. The monoisotopic (exact) mass is 380 g/mol. The van der Waals surface area contributed by atoms with Gasteiger partial charge in [-0.05, 0) is 12.5 Å². The molecule has 0 amide bonds. The highest BCUT2D eigenvalue weighted by molar-refractivity contribution is 6.07. The Kier molecular flexibility index (Phi) is 3.50. The highest BCUT2D eigenvalue weighted by atomic mass is 16.6. The van der Waals surface area contributed by atoms with E-state index in [-0.39, 0.29) is 29.9 Å². The van der Waals surface area contributed by atoms with E-state index >= 15 is 0 Å². The number of carbonyl (C=O) groups is 2. The van der Waals surface area contributed by atoms with Crippen molar-refractivity contribution in [2.45, 2.75) is 38.4 Å². The molecule has 2 aromatic rings. The lowest BCUT2D eigenvalue weighted by Crippen LogP contribution is -2.35. The average molecular weight is 380 g/mol. The second-order valence-electron chi connectivity index (χ2n) is 8.25. The lowest BCUT2D eigenvalue weighted by Gasteiger charge is -2.23. The summed E-state index contributed by atoms with van der Waals surface area (Å²) in [6, 6.07) is 7.26. The molecule has 1 aliphatic carbocycles. The third-order valence-electron chi connectivity index (χ3n) is 5.85. The lowest BCUT2D eigenvalue weighted by atomic mass is 9.88. The van der Waals surface area contributed by atoms with Gasteiger partial charge in [-0.1, -0.05) is 44.2 Å². The van der Waals surface area contributed by atoms with Gasteiger partial charge in [0, 0.05) is 27.7 Å². The van der Waals surface area contributed by atoms with Gasteiger partial charge in [-0.2, -0.15) is 0 Å². The minimum absolute atomic E-state index is 0.0587. The summed E-state index contributed by atoms with van der Waals surface area (Å²) < 4.78 is 16.8. The summed E-state index contributed by atoms with van der Waals surface area (Å²) in [5, 5.41) is 12.3. The molecule has 2 heterocycles. The molecule has 2 aliphatic heterocycles. The maximum Gasteiger partial charge on any atom is 0.348 e. The van der Waals surface area contributed by atoms with Crippen molar-refractivity contribution in [1.29, 1.82) is 0 Å². The fourth-order valence-electron chi connectivity index (χ4n) is 4.36. The Morgan fingerprint density at radius 2 is 2.00 bits per heavy atom. The molecule has 3 aliphatic rings. The molecule has 0 saturated carbocycles. The van der Waals surface area contributed by atoms with Crippen molar-refractivity contribution in [2.24, 2.45) is 5.41 Å². The summed E-state index contributed by atoms with van der Waals surface area (Å²) in [4.78, 5) is 25.3. The molecule has 2 aromatic carbocycles. The Morgan fingerprint density at radius 3 is 2.71 bits per heavy atom. The van der Waals surface area contributed by atoms with Gasteiger partial charge in [-0.25, -0.2) is 9.59 Å². The Balaban J connectivity index is 1.66. The molecular formula is C22H20O6. The van der Waals surface area contributed by atoms with Crippen LogP contribution in [0.1, 0.15) is 42.1 Å². The van der Waals surface area contributed by atoms with Crippen LogP contribution in [0, 0.1) is 5.41 Å². The summed E-state index contributed by atoms with van der Waals surface area (Å²) in [5.74, 6) is -0.885. The molecule has 144 valence electrons. The molecule has 0 spiro atoms. The van der Waals surface area contributed by atoms with Crippen LogP contribution in [-0.4, -0.2) is 35.9 Å². The predicted octanol–water partition coefficient (Wildman–Crippen LogP) is 3.46. The van der Waals surface area contributed by atoms with Crippen molar-refractivity contribution in [1.82, 2.24) is 0 Å². The quantitative estimate of drug-likeness (QED) is 0.635. The molecule has 0 radical (unpaired) electrons. The minimum Gasteiger partial charge on any atom is -0.506 e. The summed E-state index contributed by atoms with van der Waals surface area (Å²) >= 11 is 0. The zero-order valence-electron chi connectivity index (χ0n) is 15.6. The van der Waals surface area contributed by atoms with Gasteiger partial charge in [-0.3, -0.25) is 0 Å². The second kappa shape index (κ2) is 5.74. The minimum atomic E-state index is -1.01. The summed E-state index contributed by atoms with van der Waals surface area (Å²) in [5.41, 5.74) is 0.108. The van der Waals surface area contributed by atoms with Gasteiger partial charge < -0.3 is 19.3 Å². The number of carbonyl (C=O) groups excluding carboxylic acids is 2. The number of phenolic OH excluding ortho intramolecular Hbond substituents is 1. The van der Waals surface area contributed by atoms with Gasteiger partial charge in [0.2, 0.25) is 6.10 Å². The average Bonchev–Trinajstić information content (AvgIpc) is 3.32. The van der Waals surface area contributed by atoms with Crippen LogP contribution in [0.15, 0.2) is 36.4 Å². The van der Waals surface area contributed by atoms with Crippen LogP contribution in [0.25, 0.3) is 10.8 Å². The third-order valence-corrected chi connectivity index (χ3v) is 5.85. The van der Waals surface area contributed by atoms with Crippen molar-refractivity contribution in [3.8, 4) is 11.5 Å². The number of esters is 2. The standard InChI is InChI=1S/C22H20O6/c1-22(2)10-26-21(25)19(22)28-20(24)16-15-13-8-5-9-14(13)27-18(15)12-7-4-3-6-11(12)17(16)23/h3-7,9,13-14,19,23H,8,10H2,1-2H3/t13-,14+,19-/m0/s1. The number of ether oxygens (including phenoxy) is 3. The second-order valence-corrected chi connectivity index (χ2v) is 8.25. The van der Waals surface area contributed by atoms with Crippen molar-refractivity contribution < 1.29 is 28.9 Å². The van der Waals surface area contributed by atoms with Crippen molar-refractivity contribution in [3.63, 3.8) is 0 Å². The van der Waals surface area contributed by atoms with E-state index < -0.39 is 23.5 Å². The molecule has 1 fully saturated rings. The van der Waals surface area contributed by atoms with Crippen LogP contribution in [0.4, 0.5) is 0 Å². The van der Waals surface area contributed by atoms with Gasteiger partial charge in [0.25, 0.3) is 0 Å². The molecule has 3 atom stereocenters. The Bertz CT molecular complexity index is 1050. The first-order valence-corrected chi connectivity index (χ1v) is 9.37. The van der Waals surface area contributed by atoms with Crippen LogP contribution < -0.4 is 4.74 Å². The topological polar surface area (TPSA) is 82.1 Å². The van der Waals surface area contributed by atoms with Gasteiger partial charge in [-0.15, -0.1) is 0 Å². The van der Waals surface area contributed by atoms with E-state index in [0.717, 1.165) is 5.39 Å². The Hall–Kier alpha value is -3.02. The van der Waals surface area contributed by atoms with Crippen molar-refractivity contribution in [2.75, 3.05) is 6.61 Å². The van der Waals surface area contributed by atoms with Crippen LogP contribution >= 0.6 is 0 Å². The first-order valence-electron chi connectivity index (χ1n) is 9.37. The summed E-state index contributed by atoms with van der Waals surface area (Å²) in [7, 11) is 0. The fraction of sp³-hybridized carbons (Fsp3) is 0.364. The van der Waals surface area contributed by atoms with E-state index in [4.69, 9.17) is 14.2 Å². The van der Waals surface area contributed by atoms with E-state index in [1.54, 1.807) is 26.0 Å². The number of rotatable bonds is 2. The number of benzene rings is 2. The van der Waals surface area contributed by atoms with E-state index in [0.29, 0.717) is 23.1 Å². The molecule has 5 rings (SSSR count). The van der Waals surface area contributed by atoms with Crippen LogP contribution in [-0.2, 0) is 14.3 Å². The number of hydrogen-bond acceptors (Lipinski definition) is 6. The van der Waals surface area contributed by atoms with Gasteiger partial charge in [0.1, 0.15) is 29.8 Å². The molecule has 28 heavy (non-hydrogen) atoms. The fourth-order valence-corrected chi connectivity index (χ4v) is 4.36. The van der Waals surface area contributed by atoms with E-state index in [1.807, 2.05) is 24.3 Å². The molecule has 0 bridgehead atoms. The third kappa shape index (κ3) is 2.27. The van der Waals surface area contributed by atoms with E-state index in [1.165, 1.54) is 0 Å². The molecule has 0 unspecified atom stereocenters. The Morgan fingerprint density at radius 1 is 1.25 bits per heavy atom. The number of phenols is 1. The van der Waals surface area contributed by atoms with Gasteiger partial charge >= 0.3 is 11.9 Å². The first kappa shape index (κ1) is 17.1. The maximum absolute atomic E-state index is 13.2. The molecule has 6 heteroatoms. The zero-order valence-corrected chi connectivity index (χ0v) is 15.6. The summed E-state index contributed by atoms with van der Waals surface area (Å²) in [6.45, 7) is 3.80.